The Kier molecular flexibility index (Phi) is 29.0. The van der Waals surface area contributed by atoms with Crippen molar-refractivity contribution in [2.24, 2.45) is 0 Å². The first-order valence-corrected chi connectivity index (χ1v) is 49.1. The highest BCUT2D eigenvalue weighted by Gasteiger charge is 2.59. The van der Waals surface area contributed by atoms with Crippen LogP contribution in [0.4, 0.5) is 0 Å². The lowest BCUT2D eigenvalue weighted by molar-refractivity contribution is -0.297. The van der Waals surface area contributed by atoms with Crippen molar-refractivity contribution >= 4 is 65.2 Å². The van der Waals surface area contributed by atoms with Gasteiger partial charge in [0.2, 0.25) is 0 Å². The van der Waals surface area contributed by atoms with Crippen LogP contribution < -0.4 is 52.2 Å². The molecule has 0 atom stereocenters. The van der Waals surface area contributed by atoms with Gasteiger partial charge in [-0.05, 0) is 180 Å². The van der Waals surface area contributed by atoms with Crippen molar-refractivity contribution in [2.45, 2.75) is 419 Å². The Morgan fingerprint density at radius 2 is 0.237 bits per heavy atom. The summed E-state index contributed by atoms with van der Waals surface area (Å²) in [5.74, 6) is 0. The third-order valence-electron chi connectivity index (χ3n) is 24.3. The predicted molar refractivity (Wildman–Crippen MR) is 531 cm³/mol. The van der Waals surface area contributed by atoms with Crippen molar-refractivity contribution in [2.75, 3.05) is 0 Å². The van der Waals surface area contributed by atoms with Gasteiger partial charge < -0.3 is 14.4 Å². The topological polar surface area (TPSA) is 63.2 Å². The average molecular weight is 1660 g/mol. The number of rotatable bonds is 8. The first-order chi connectivity index (χ1) is 52.4. The second-order valence-electron chi connectivity index (χ2n) is 51.4. The van der Waals surface area contributed by atoms with E-state index in [4.69, 9.17) is 14.4 Å². The van der Waals surface area contributed by atoms with Gasteiger partial charge in [-0.2, -0.15) is 0 Å². The smallest absolute Gasteiger partial charge is 0.145 e. The van der Waals surface area contributed by atoms with E-state index in [1.54, 1.807) is 0 Å². The monoisotopic (exact) mass is 1660 g/mol. The van der Waals surface area contributed by atoms with Crippen molar-refractivity contribution in [1.29, 1.82) is 0 Å². The standard InChI is InChI=1S/2C56H84P.H3O3P/c2*1-49(2,3)37-25-29-45(41(33-37)53(13,14)15)57(46-30-26-38(50(4,5)6)34-42(46)54(16,17)18,47-31-27-39(51(7,8)9)35-43(47)55(19,20)21)48-32-28-40(52(10,11)12)36-44(48)56(22,23)24;1-4(2)3/h2*25-36H,1-24H3;4H,(H2,1,2,3)/q2*+1;/p-2. The van der Waals surface area contributed by atoms with Crippen molar-refractivity contribution in [1.82, 2.24) is 0 Å². The zero-order valence-electron chi connectivity index (χ0n) is 84.5. The van der Waals surface area contributed by atoms with E-state index in [0.29, 0.717) is 0 Å². The molecule has 0 spiro atoms. The molecule has 0 amide bonds. The van der Waals surface area contributed by atoms with Crippen molar-refractivity contribution in [3.8, 4) is 0 Å². The summed E-state index contributed by atoms with van der Waals surface area (Å²) >= 11 is 0. The summed E-state index contributed by atoms with van der Waals surface area (Å²) in [5, 5.41) is 12.0. The van der Waals surface area contributed by atoms with E-state index in [2.05, 4.69) is 478 Å². The molecule has 0 aliphatic heterocycles. The highest BCUT2D eigenvalue weighted by Crippen LogP contribution is 2.64. The maximum Gasteiger partial charge on any atom is 0.145 e. The molecule has 8 aromatic rings. The van der Waals surface area contributed by atoms with Crippen LogP contribution in [0.3, 0.4) is 0 Å². The Balaban J connectivity index is 0.000000350. The lowest BCUT2D eigenvalue weighted by atomic mass is 9.80. The summed E-state index contributed by atoms with van der Waals surface area (Å²) in [6.07, 6.45) is 0. The van der Waals surface area contributed by atoms with Gasteiger partial charge in [0, 0.05) is 44.5 Å². The highest BCUT2D eigenvalue weighted by atomic mass is 31.2. The fraction of sp³-hybridized carbons (Fsp3) is 0.571. The van der Waals surface area contributed by atoms with Gasteiger partial charge in [0.05, 0.1) is 0 Å². The second kappa shape index (κ2) is 33.7. The van der Waals surface area contributed by atoms with Crippen molar-refractivity contribution in [3.05, 3.63) is 235 Å². The SMILES string of the molecule is CC(C)(C)c1ccc([P+](c2ccc(C(C)(C)C)cc2C(C)(C)C)(c2ccc(C(C)(C)C)cc2C(C)(C)C)c2ccc(C(C)(C)C)cc2C(C)(C)C)c(C(C)(C)C)c1.CC(C)(C)c1ccc([P+](c2ccc(C(C)(C)C)cc2C(C)(C)C)(c2ccc(C(C)(C)C)cc2C(C)(C)C)c2ccc(C(C)(C)C)cc2C(C)(C)C)c(C(C)(C)C)c1.O=[PH]([O-])[O-]. The Labute approximate surface area is 728 Å². The molecule has 0 saturated heterocycles. The minimum Gasteiger partial charge on any atom is -0.813 e. The Morgan fingerprint density at radius 1 is 0.161 bits per heavy atom. The van der Waals surface area contributed by atoms with Crippen LogP contribution in [0.2, 0.25) is 0 Å². The molecule has 0 saturated carbocycles. The highest BCUT2D eigenvalue weighted by molar-refractivity contribution is 8.02. The van der Waals surface area contributed by atoms with E-state index in [0.717, 1.165) is 0 Å². The van der Waals surface area contributed by atoms with Gasteiger partial charge in [0.15, 0.2) is 0 Å². The van der Waals surface area contributed by atoms with Crippen LogP contribution >= 0.6 is 22.8 Å². The molecule has 6 heteroatoms. The van der Waals surface area contributed by atoms with Gasteiger partial charge in [0.25, 0.3) is 0 Å². The molecule has 0 aliphatic rings. The van der Waals surface area contributed by atoms with Crippen molar-refractivity contribution in [3.63, 3.8) is 0 Å². The zero-order valence-corrected chi connectivity index (χ0v) is 87.3. The first-order valence-electron chi connectivity index (χ1n) is 44.3. The minimum absolute atomic E-state index is 0.0143. The third kappa shape index (κ3) is 22.6. The summed E-state index contributed by atoms with van der Waals surface area (Å²) in [5.41, 5.74) is 22.0. The Morgan fingerprint density at radius 3 is 0.297 bits per heavy atom. The van der Waals surface area contributed by atoms with E-state index in [1.165, 1.54) is 131 Å². The Hall–Kier alpha value is -5.23. The number of hydrogen-bond acceptors (Lipinski definition) is 3. The van der Waals surface area contributed by atoms with Crippen LogP contribution in [-0.2, 0) is 91.2 Å². The normalized spacial score (nSPS) is 14.1. The first kappa shape index (κ1) is 102. The number of benzene rings is 8. The van der Waals surface area contributed by atoms with Gasteiger partial charge in [-0.25, -0.2) is 0 Å². The summed E-state index contributed by atoms with van der Waals surface area (Å²) < 4.78 is 8.52. The molecule has 3 nitrogen and oxygen atoms in total. The molecular weight excluding hydrogens is 1490 g/mol. The molecule has 0 bridgehead atoms. The van der Waals surface area contributed by atoms with Crippen LogP contribution in [0.1, 0.15) is 421 Å². The van der Waals surface area contributed by atoms with Crippen LogP contribution in [0.15, 0.2) is 146 Å². The van der Waals surface area contributed by atoms with Gasteiger partial charge in [0.1, 0.15) is 57.0 Å². The molecule has 0 aromatic heterocycles. The molecule has 0 unspecified atom stereocenters. The van der Waals surface area contributed by atoms with Crippen LogP contribution in [-0.4, -0.2) is 0 Å². The largest absolute Gasteiger partial charge is 0.813 e. The van der Waals surface area contributed by atoms with E-state index >= 15 is 0 Å². The van der Waals surface area contributed by atoms with E-state index in [-0.39, 0.29) is 86.6 Å². The molecule has 8 aromatic carbocycles. The maximum atomic E-state index is 8.52. The van der Waals surface area contributed by atoms with Gasteiger partial charge in [-0.1, -0.05) is 438 Å². The van der Waals surface area contributed by atoms with Gasteiger partial charge in [-0.15, -0.1) is 0 Å². The molecule has 0 heterocycles. The summed E-state index contributed by atoms with van der Waals surface area (Å²) in [7, 11) is -9.09. The van der Waals surface area contributed by atoms with E-state index < -0.39 is 22.8 Å². The molecule has 118 heavy (non-hydrogen) atoms. The van der Waals surface area contributed by atoms with E-state index in [1.807, 2.05) is 0 Å². The van der Waals surface area contributed by atoms with Crippen LogP contribution in [0, 0.1) is 0 Å². The molecule has 0 N–H and O–H groups in total. The fourth-order valence-corrected chi connectivity index (χ4v) is 28.3. The Bertz CT molecular complexity index is 3980. The molecule has 8 rings (SSSR count). The van der Waals surface area contributed by atoms with Crippen molar-refractivity contribution < 1.29 is 14.4 Å². The summed E-state index contributed by atoms with van der Waals surface area (Å²) in [4.78, 5) is 17.0. The molecule has 0 fully saturated rings. The lowest BCUT2D eigenvalue weighted by Crippen LogP contribution is -2.48. The molecular formula is C112H169O3P3. The zero-order chi connectivity index (χ0) is 91.4. The third-order valence-corrected chi connectivity index (χ3v) is 33.2. The lowest BCUT2D eigenvalue weighted by Gasteiger charge is -2.41. The van der Waals surface area contributed by atoms with E-state index in [9.17, 15) is 0 Å². The quantitative estimate of drug-likeness (QED) is 0.142. The second-order valence-corrected chi connectivity index (χ2v) is 58.5. The molecule has 0 radical (unpaired) electrons. The molecule has 650 valence electrons. The van der Waals surface area contributed by atoms with Crippen LogP contribution in [0.25, 0.3) is 0 Å². The van der Waals surface area contributed by atoms with Gasteiger partial charge in [-0.3, -0.25) is 0 Å². The predicted octanol–water partition coefficient (Wildman–Crippen LogP) is 27.5. The summed E-state index contributed by atoms with van der Waals surface area (Å²) in [6, 6.07) is 61.5. The maximum absolute atomic E-state index is 8.52. The average Bonchev–Trinajstić information content (AvgIpc) is 0.695. The molecule has 0 aliphatic carbocycles. The summed E-state index contributed by atoms with van der Waals surface area (Å²) in [6.45, 7) is 115. The number of hydrogen-bond donors (Lipinski definition) is 0. The van der Waals surface area contributed by atoms with Crippen LogP contribution in [0.5, 0.6) is 0 Å². The minimum atomic E-state index is -3.63. The van der Waals surface area contributed by atoms with Gasteiger partial charge >= 0.3 is 0 Å². The fourth-order valence-electron chi connectivity index (χ4n) is 16.7.